The Morgan fingerprint density at radius 2 is 1.96 bits per heavy atom. The van der Waals surface area contributed by atoms with Gasteiger partial charge in [-0.25, -0.2) is 9.97 Å². The minimum atomic E-state index is -0.602. The van der Waals surface area contributed by atoms with Crippen LogP contribution in [-0.2, 0) is 10.2 Å². The SMILES string of the molecule is CC1(C)C(=O)N(C2CC(Nc3nc4ccccc4s3)C2)c2nccnc21. The largest absolute Gasteiger partial charge is 0.359 e. The summed E-state index contributed by atoms with van der Waals surface area (Å²) in [5.41, 5.74) is 1.21. The summed E-state index contributed by atoms with van der Waals surface area (Å²) in [6.07, 6.45) is 5.12. The van der Waals surface area contributed by atoms with Gasteiger partial charge in [-0.2, -0.15) is 0 Å². The van der Waals surface area contributed by atoms with Crippen LogP contribution in [0.4, 0.5) is 10.9 Å². The maximum atomic E-state index is 12.9. The second-order valence-electron chi connectivity index (χ2n) is 7.48. The Morgan fingerprint density at radius 3 is 2.77 bits per heavy atom. The fraction of sp³-hybridized carbons (Fsp3) is 0.368. The van der Waals surface area contributed by atoms with Crippen molar-refractivity contribution in [1.82, 2.24) is 15.0 Å². The topological polar surface area (TPSA) is 71.0 Å². The highest BCUT2D eigenvalue weighted by Gasteiger charge is 2.51. The van der Waals surface area contributed by atoms with Gasteiger partial charge < -0.3 is 5.32 Å². The first kappa shape index (κ1) is 15.7. The van der Waals surface area contributed by atoms with Crippen molar-refractivity contribution < 1.29 is 4.79 Å². The van der Waals surface area contributed by atoms with Crippen molar-refractivity contribution in [2.45, 2.75) is 44.2 Å². The molecule has 1 aliphatic carbocycles. The summed E-state index contributed by atoms with van der Waals surface area (Å²) in [4.78, 5) is 28.3. The molecule has 3 heterocycles. The Bertz CT molecular complexity index is 975. The lowest BCUT2D eigenvalue weighted by Gasteiger charge is -2.41. The van der Waals surface area contributed by atoms with Gasteiger partial charge in [-0.3, -0.25) is 14.7 Å². The molecular formula is C19H19N5OS. The lowest BCUT2D eigenvalue weighted by atomic mass is 9.85. The van der Waals surface area contributed by atoms with Crippen molar-refractivity contribution in [3.05, 3.63) is 42.4 Å². The van der Waals surface area contributed by atoms with Crippen molar-refractivity contribution in [3.8, 4) is 0 Å². The number of hydrogen-bond donors (Lipinski definition) is 1. The molecule has 6 nitrogen and oxygen atoms in total. The van der Waals surface area contributed by atoms with Gasteiger partial charge in [-0.05, 0) is 38.8 Å². The molecule has 0 radical (unpaired) electrons. The summed E-state index contributed by atoms with van der Waals surface area (Å²) in [5, 5.41) is 4.46. The Balaban J connectivity index is 1.32. The Hall–Kier alpha value is -2.54. The predicted molar refractivity (Wildman–Crippen MR) is 103 cm³/mol. The smallest absolute Gasteiger partial charge is 0.240 e. The van der Waals surface area contributed by atoms with Gasteiger partial charge in [-0.15, -0.1) is 0 Å². The second-order valence-corrected chi connectivity index (χ2v) is 8.51. The third kappa shape index (κ3) is 2.23. The minimum absolute atomic E-state index is 0.0992. The van der Waals surface area contributed by atoms with Gasteiger partial charge in [0.15, 0.2) is 10.9 Å². The molecule has 0 atom stereocenters. The van der Waals surface area contributed by atoms with Crippen molar-refractivity contribution >= 4 is 38.4 Å². The standard InChI is InChI=1S/C19H19N5OS/c1-19(2)15-16(21-8-7-20-15)24(17(19)25)12-9-11(10-12)22-18-23-13-5-3-4-6-14(13)26-18/h3-8,11-12H,9-10H2,1-2H3,(H,22,23). The molecule has 1 aliphatic heterocycles. The Morgan fingerprint density at radius 1 is 1.19 bits per heavy atom. The predicted octanol–water partition coefficient (Wildman–Crippen LogP) is 3.35. The number of para-hydroxylation sites is 1. The number of hydrogen-bond acceptors (Lipinski definition) is 6. The molecule has 1 amide bonds. The zero-order chi connectivity index (χ0) is 17.9. The average molecular weight is 365 g/mol. The Kier molecular flexibility index (Phi) is 3.31. The number of carbonyl (C=O) groups excluding carboxylic acids is 1. The van der Waals surface area contributed by atoms with Crippen LogP contribution in [0.3, 0.4) is 0 Å². The molecule has 3 aromatic rings. The van der Waals surface area contributed by atoms with E-state index in [4.69, 9.17) is 0 Å². The summed E-state index contributed by atoms with van der Waals surface area (Å²) >= 11 is 1.67. The number of nitrogens with one attached hydrogen (secondary N) is 1. The van der Waals surface area contributed by atoms with E-state index in [2.05, 4.69) is 26.3 Å². The molecule has 0 bridgehead atoms. The molecule has 2 aliphatic rings. The van der Waals surface area contributed by atoms with E-state index in [0.717, 1.165) is 35.0 Å². The quantitative estimate of drug-likeness (QED) is 0.771. The first-order valence-electron chi connectivity index (χ1n) is 8.81. The Labute approximate surface area is 155 Å². The molecule has 0 saturated heterocycles. The summed E-state index contributed by atoms with van der Waals surface area (Å²) in [6, 6.07) is 8.65. The molecule has 1 saturated carbocycles. The van der Waals surface area contributed by atoms with Crippen LogP contribution in [0.25, 0.3) is 10.2 Å². The van der Waals surface area contributed by atoms with E-state index in [1.54, 1.807) is 23.7 Å². The summed E-state index contributed by atoms with van der Waals surface area (Å²) in [5.74, 6) is 0.827. The van der Waals surface area contributed by atoms with Crippen LogP contribution < -0.4 is 10.2 Å². The van der Waals surface area contributed by atoms with E-state index in [0.29, 0.717) is 6.04 Å². The van der Waals surface area contributed by atoms with E-state index in [9.17, 15) is 4.79 Å². The molecule has 26 heavy (non-hydrogen) atoms. The molecule has 7 heteroatoms. The van der Waals surface area contributed by atoms with Crippen molar-refractivity contribution in [2.24, 2.45) is 0 Å². The summed E-state index contributed by atoms with van der Waals surface area (Å²) in [7, 11) is 0. The van der Waals surface area contributed by atoms with Gasteiger partial charge >= 0.3 is 0 Å². The maximum absolute atomic E-state index is 12.9. The maximum Gasteiger partial charge on any atom is 0.240 e. The summed E-state index contributed by atoms with van der Waals surface area (Å²) < 4.78 is 1.19. The highest BCUT2D eigenvalue weighted by Crippen LogP contribution is 2.43. The lowest BCUT2D eigenvalue weighted by Crippen LogP contribution is -2.53. The van der Waals surface area contributed by atoms with Crippen LogP contribution in [0.5, 0.6) is 0 Å². The number of thiazole rings is 1. The molecule has 2 aromatic heterocycles. The molecule has 0 spiro atoms. The lowest BCUT2D eigenvalue weighted by molar-refractivity contribution is -0.123. The minimum Gasteiger partial charge on any atom is -0.359 e. The third-order valence-corrected chi connectivity index (χ3v) is 6.32. The van der Waals surface area contributed by atoms with Gasteiger partial charge in [0.25, 0.3) is 0 Å². The van der Waals surface area contributed by atoms with Crippen LogP contribution in [-0.4, -0.2) is 32.9 Å². The van der Waals surface area contributed by atoms with E-state index in [1.165, 1.54) is 4.70 Å². The average Bonchev–Trinajstić information content (AvgIpc) is 3.09. The second kappa shape index (κ2) is 5.48. The van der Waals surface area contributed by atoms with Crippen molar-refractivity contribution in [3.63, 3.8) is 0 Å². The first-order chi connectivity index (χ1) is 12.5. The zero-order valence-corrected chi connectivity index (χ0v) is 15.5. The molecular weight excluding hydrogens is 346 g/mol. The molecule has 1 N–H and O–H groups in total. The molecule has 132 valence electrons. The number of rotatable bonds is 3. The van der Waals surface area contributed by atoms with Crippen LogP contribution in [0.1, 0.15) is 32.4 Å². The highest BCUT2D eigenvalue weighted by atomic mass is 32.1. The molecule has 1 fully saturated rings. The first-order valence-corrected chi connectivity index (χ1v) is 9.63. The molecule has 5 rings (SSSR count). The summed E-state index contributed by atoms with van der Waals surface area (Å²) in [6.45, 7) is 3.86. The molecule has 1 aromatic carbocycles. The van der Waals surface area contributed by atoms with Gasteiger partial charge in [0.05, 0.1) is 21.3 Å². The monoisotopic (exact) mass is 365 g/mol. The number of amides is 1. The molecule has 0 unspecified atom stereocenters. The van der Waals surface area contributed by atoms with Crippen LogP contribution in [0.2, 0.25) is 0 Å². The third-order valence-electron chi connectivity index (χ3n) is 5.35. The fourth-order valence-electron chi connectivity index (χ4n) is 3.81. The van der Waals surface area contributed by atoms with Crippen molar-refractivity contribution in [1.29, 1.82) is 0 Å². The van der Waals surface area contributed by atoms with Crippen LogP contribution >= 0.6 is 11.3 Å². The van der Waals surface area contributed by atoms with Crippen LogP contribution in [0.15, 0.2) is 36.7 Å². The highest BCUT2D eigenvalue weighted by molar-refractivity contribution is 7.22. The van der Waals surface area contributed by atoms with Crippen LogP contribution in [0, 0.1) is 0 Å². The number of benzene rings is 1. The number of aromatic nitrogens is 3. The van der Waals surface area contributed by atoms with E-state index in [1.807, 2.05) is 36.9 Å². The zero-order valence-electron chi connectivity index (χ0n) is 14.6. The van der Waals surface area contributed by atoms with E-state index < -0.39 is 5.41 Å². The number of anilines is 2. The normalized spacial score (nSPS) is 23.8. The fourth-order valence-corrected chi connectivity index (χ4v) is 4.75. The van der Waals surface area contributed by atoms with E-state index in [-0.39, 0.29) is 11.9 Å². The van der Waals surface area contributed by atoms with Gasteiger partial charge in [-0.1, -0.05) is 23.5 Å². The number of fused-ring (bicyclic) bond motifs is 2. The van der Waals surface area contributed by atoms with Gasteiger partial charge in [0.1, 0.15) is 0 Å². The van der Waals surface area contributed by atoms with E-state index >= 15 is 0 Å². The number of nitrogens with zero attached hydrogens (tertiary/aromatic N) is 4. The van der Waals surface area contributed by atoms with Gasteiger partial charge in [0.2, 0.25) is 5.91 Å². The van der Waals surface area contributed by atoms with Crippen molar-refractivity contribution in [2.75, 3.05) is 10.2 Å². The van der Waals surface area contributed by atoms with Gasteiger partial charge in [0, 0.05) is 24.5 Å². The number of carbonyl (C=O) groups is 1.